The lowest BCUT2D eigenvalue weighted by Gasteiger charge is -2.01. The van der Waals surface area contributed by atoms with E-state index in [4.69, 9.17) is 10.3 Å². The number of halogens is 1. The molecule has 0 saturated carbocycles. The maximum Gasteiger partial charge on any atom is 0.248 e. The Bertz CT molecular complexity index is 736. The van der Waals surface area contributed by atoms with Gasteiger partial charge >= 0.3 is 0 Å². The van der Waals surface area contributed by atoms with Crippen LogP contribution in [0.1, 0.15) is 17.5 Å². The zero-order valence-corrected chi connectivity index (χ0v) is 10.7. The minimum atomic E-state index is -0.557. The van der Waals surface area contributed by atoms with Crippen LogP contribution in [0.3, 0.4) is 0 Å². The molecule has 3 aromatic rings. The first kappa shape index (κ1) is 12.5. The molecule has 1 atom stereocenters. The second-order valence-corrected chi connectivity index (χ2v) is 4.39. The molecule has 3 rings (SSSR count). The van der Waals surface area contributed by atoms with Crippen molar-refractivity contribution in [2.75, 3.05) is 0 Å². The molecule has 2 N–H and O–H groups in total. The molecule has 20 heavy (non-hydrogen) atoms. The van der Waals surface area contributed by atoms with Crippen LogP contribution in [-0.4, -0.2) is 19.9 Å². The van der Waals surface area contributed by atoms with Gasteiger partial charge in [0.2, 0.25) is 11.7 Å². The number of rotatable bonds is 3. The van der Waals surface area contributed by atoms with Crippen molar-refractivity contribution in [1.29, 1.82) is 0 Å². The van der Waals surface area contributed by atoms with E-state index >= 15 is 0 Å². The largest absolute Gasteiger partial charge is 0.337 e. The predicted molar refractivity (Wildman–Crippen MR) is 68.9 cm³/mol. The van der Waals surface area contributed by atoms with Crippen molar-refractivity contribution in [3.05, 3.63) is 53.9 Å². The molecule has 1 aromatic carbocycles. The van der Waals surface area contributed by atoms with Gasteiger partial charge in [0, 0.05) is 24.4 Å². The molecule has 0 aliphatic rings. The van der Waals surface area contributed by atoms with Crippen molar-refractivity contribution in [2.24, 2.45) is 12.8 Å². The summed E-state index contributed by atoms with van der Waals surface area (Å²) in [7, 11) is 1.79. The molecule has 102 valence electrons. The Labute approximate surface area is 114 Å². The van der Waals surface area contributed by atoms with Gasteiger partial charge in [0.05, 0.1) is 6.20 Å². The summed E-state index contributed by atoms with van der Waals surface area (Å²) in [4.78, 5) is 4.20. The van der Waals surface area contributed by atoms with Crippen LogP contribution in [0, 0.1) is 5.82 Å². The number of aryl methyl sites for hydroxylation is 1. The fourth-order valence-corrected chi connectivity index (χ4v) is 1.85. The third-order valence-corrected chi connectivity index (χ3v) is 2.87. The predicted octanol–water partition coefficient (Wildman–Crippen LogP) is 1.66. The van der Waals surface area contributed by atoms with Crippen LogP contribution in [0.4, 0.5) is 4.39 Å². The van der Waals surface area contributed by atoms with Crippen LogP contribution in [-0.2, 0) is 7.05 Å². The smallest absolute Gasteiger partial charge is 0.248 e. The summed E-state index contributed by atoms with van der Waals surface area (Å²) in [5.74, 6) is 0.210. The average molecular weight is 273 g/mol. The molecule has 7 heteroatoms. The van der Waals surface area contributed by atoms with E-state index in [0.29, 0.717) is 11.4 Å². The molecule has 0 aliphatic heterocycles. The fraction of sp³-hybridized carbons (Fsp3) is 0.154. The third-order valence-electron chi connectivity index (χ3n) is 2.87. The number of hydrogen-bond acceptors (Lipinski definition) is 5. The molecule has 0 amide bonds. The van der Waals surface area contributed by atoms with E-state index in [1.165, 1.54) is 12.1 Å². The zero-order valence-electron chi connectivity index (χ0n) is 10.7. The number of benzene rings is 1. The molecule has 0 bridgehead atoms. The van der Waals surface area contributed by atoms with Crippen molar-refractivity contribution < 1.29 is 8.91 Å². The van der Waals surface area contributed by atoms with Crippen LogP contribution < -0.4 is 5.73 Å². The lowest BCUT2D eigenvalue weighted by Crippen LogP contribution is -2.11. The summed E-state index contributed by atoms with van der Waals surface area (Å²) in [6.45, 7) is 0. The zero-order chi connectivity index (χ0) is 14.1. The highest BCUT2D eigenvalue weighted by Crippen LogP contribution is 2.21. The van der Waals surface area contributed by atoms with Crippen LogP contribution in [0.25, 0.3) is 11.4 Å². The first-order valence-electron chi connectivity index (χ1n) is 5.97. The molecule has 1 unspecified atom stereocenters. The normalized spacial score (nSPS) is 12.6. The van der Waals surface area contributed by atoms with Crippen LogP contribution in [0.2, 0.25) is 0 Å². The van der Waals surface area contributed by atoms with Crippen LogP contribution in [0.5, 0.6) is 0 Å². The lowest BCUT2D eigenvalue weighted by molar-refractivity contribution is 0.367. The maximum absolute atomic E-state index is 13.2. The summed E-state index contributed by atoms with van der Waals surface area (Å²) in [5, 5.41) is 7.86. The van der Waals surface area contributed by atoms with E-state index < -0.39 is 6.04 Å². The number of hydrogen-bond donors (Lipinski definition) is 1. The molecule has 0 fully saturated rings. The Morgan fingerprint density at radius 3 is 2.95 bits per heavy atom. The van der Waals surface area contributed by atoms with Crippen molar-refractivity contribution in [3.63, 3.8) is 0 Å². The number of nitrogens with zero attached hydrogens (tertiary/aromatic N) is 4. The Kier molecular flexibility index (Phi) is 3.03. The molecule has 0 saturated heterocycles. The second-order valence-electron chi connectivity index (χ2n) is 4.39. The van der Waals surface area contributed by atoms with Gasteiger partial charge in [-0.15, -0.1) is 0 Å². The Morgan fingerprint density at radius 1 is 1.40 bits per heavy atom. The van der Waals surface area contributed by atoms with Gasteiger partial charge in [0.15, 0.2) is 0 Å². The molecule has 2 aromatic heterocycles. The van der Waals surface area contributed by atoms with E-state index in [2.05, 4.69) is 15.2 Å². The standard InChI is InChI=1S/C13H12FN5O/c1-19-7-9(6-16-19)11(15)13-17-12(18-20-13)8-3-2-4-10(14)5-8/h2-7,11H,15H2,1H3. The van der Waals surface area contributed by atoms with E-state index in [1.807, 2.05) is 0 Å². The first-order valence-corrected chi connectivity index (χ1v) is 5.97. The van der Waals surface area contributed by atoms with Gasteiger partial charge in [0.25, 0.3) is 0 Å². The summed E-state index contributed by atoms with van der Waals surface area (Å²) in [5.41, 5.74) is 7.33. The molecule has 0 radical (unpaired) electrons. The summed E-state index contributed by atoms with van der Waals surface area (Å²) in [6, 6.07) is 5.42. The van der Waals surface area contributed by atoms with Gasteiger partial charge in [-0.05, 0) is 12.1 Å². The third kappa shape index (κ3) is 2.30. The highest BCUT2D eigenvalue weighted by Gasteiger charge is 2.18. The second kappa shape index (κ2) is 4.86. The topological polar surface area (TPSA) is 82.8 Å². The fourth-order valence-electron chi connectivity index (χ4n) is 1.85. The molecule has 2 heterocycles. The summed E-state index contributed by atoms with van der Waals surface area (Å²) < 4.78 is 19.9. The van der Waals surface area contributed by atoms with Gasteiger partial charge in [-0.2, -0.15) is 10.1 Å². The Hall–Kier alpha value is -2.54. The number of nitrogens with two attached hydrogens (primary N) is 1. The minimum absolute atomic E-state index is 0.261. The molecule has 0 aliphatic carbocycles. The molecule has 0 spiro atoms. The molecular formula is C13H12FN5O. The lowest BCUT2D eigenvalue weighted by atomic mass is 10.2. The van der Waals surface area contributed by atoms with E-state index in [9.17, 15) is 4.39 Å². The quantitative estimate of drug-likeness (QED) is 0.784. The first-order chi connectivity index (χ1) is 9.63. The highest BCUT2D eigenvalue weighted by atomic mass is 19.1. The van der Waals surface area contributed by atoms with Crippen LogP contribution in [0.15, 0.2) is 41.2 Å². The SMILES string of the molecule is Cn1cc(C(N)c2nc(-c3cccc(F)c3)no2)cn1. The molecule has 6 nitrogen and oxygen atoms in total. The summed E-state index contributed by atoms with van der Waals surface area (Å²) in [6.07, 6.45) is 3.41. The van der Waals surface area contributed by atoms with Gasteiger partial charge in [0.1, 0.15) is 11.9 Å². The highest BCUT2D eigenvalue weighted by molar-refractivity contribution is 5.54. The van der Waals surface area contributed by atoms with Gasteiger partial charge in [-0.1, -0.05) is 17.3 Å². The monoisotopic (exact) mass is 273 g/mol. The van der Waals surface area contributed by atoms with Gasteiger partial charge < -0.3 is 10.3 Å². The van der Waals surface area contributed by atoms with Crippen molar-refractivity contribution in [1.82, 2.24) is 19.9 Å². The average Bonchev–Trinajstić information content (AvgIpc) is 3.07. The van der Waals surface area contributed by atoms with Crippen molar-refractivity contribution in [2.45, 2.75) is 6.04 Å². The Morgan fingerprint density at radius 2 is 2.25 bits per heavy atom. The van der Waals surface area contributed by atoms with E-state index in [0.717, 1.165) is 5.56 Å². The van der Waals surface area contributed by atoms with E-state index in [1.54, 1.807) is 36.3 Å². The summed E-state index contributed by atoms with van der Waals surface area (Å²) >= 11 is 0. The van der Waals surface area contributed by atoms with E-state index in [-0.39, 0.29) is 11.7 Å². The number of aromatic nitrogens is 4. The van der Waals surface area contributed by atoms with Gasteiger partial charge in [-0.25, -0.2) is 4.39 Å². The van der Waals surface area contributed by atoms with Gasteiger partial charge in [-0.3, -0.25) is 4.68 Å². The van der Waals surface area contributed by atoms with Crippen LogP contribution >= 0.6 is 0 Å². The van der Waals surface area contributed by atoms with Crippen molar-refractivity contribution in [3.8, 4) is 11.4 Å². The Balaban J connectivity index is 1.90. The molecular weight excluding hydrogens is 261 g/mol. The maximum atomic E-state index is 13.2. The van der Waals surface area contributed by atoms with Crippen molar-refractivity contribution >= 4 is 0 Å². The minimum Gasteiger partial charge on any atom is -0.337 e.